The maximum Gasteiger partial charge on any atom is 0.309 e. The second-order valence-corrected chi connectivity index (χ2v) is 7.41. The monoisotopic (exact) mass is 467 g/mol. The molecule has 10 heteroatoms. The highest BCUT2D eigenvalue weighted by molar-refractivity contribution is 5.96. The van der Waals surface area contributed by atoms with Gasteiger partial charge < -0.3 is 0 Å². The van der Waals surface area contributed by atoms with E-state index in [1.165, 1.54) is 35.1 Å². The van der Waals surface area contributed by atoms with Crippen molar-refractivity contribution in [1.29, 1.82) is 0 Å². The molecule has 0 unspecified atom stereocenters. The van der Waals surface area contributed by atoms with Crippen LogP contribution in [-0.4, -0.2) is 36.4 Å². The van der Waals surface area contributed by atoms with Gasteiger partial charge in [-0.3, -0.25) is 20.4 Å². The number of hydrazine groups is 1. The molecule has 9 nitrogen and oxygen atoms in total. The number of hydrogen-bond acceptors (Lipinski definition) is 5. The molecule has 0 bridgehead atoms. The number of para-hydroxylation sites is 1. The zero-order chi connectivity index (χ0) is 24.2. The Balaban J connectivity index is 1.33. The molecule has 172 valence electrons. The van der Waals surface area contributed by atoms with Gasteiger partial charge in [0.15, 0.2) is 11.5 Å². The van der Waals surface area contributed by atoms with E-state index in [1.54, 1.807) is 10.7 Å². The van der Waals surface area contributed by atoms with Gasteiger partial charge in [0.05, 0.1) is 11.4 Å². The number of carbonyl (C=O) groups is 2. The molecule has 2 aromatic heterocycles. The normalized spacial score (nSPS) is 10.7. The van der Waals surface area contributed by atoms with Crippen molar-refractivity contribution in [2.24, 2.45) is 0 Å². The molecule has 0 radical (unpaired) electrons. The van der Waals surface area contributed by atoms with Gasteiger partial charge in [0.2, 0.25) is 5.82 Å². The predicted molar refractivity (Wildman–Crippen MR) is 125 cm³/mol. The van der Waals surface area contributed by atoms with E-state index in [0.717, 1.165) is 11.3 Å². The average Bonchev–Trinajstić information content (AvgIpc) is 3.57. The minimum absolute atomic E-state index is 0.0299. The van der Waals surface area contributed by atoms with Gasteiger partial charge in [-0.2, -0.15) is 5.10 Å². The summed E-state index contributed by atoms with van der Waals surface area (Å²) in [6, 6.07) is 25.9. The molecule has 5 rings (SSSR count). The van der Waals surface area contributed by atoms with Gasteiger partial charge in [-0.05, 0) is 36.4 Å². The molecule has 0 saturated heterocycles. The molecule has 5 aromatic rings. The second kappa shape index (κ2) is 9.40. The second-order valence-electron chi connectivity index (χ2n) is 7.41. The van der Waals surface area contributed by atoms with Crippen LogP contribution in [0.1, 0.15) is 21.1 Å². The molecular weight excluding hydrogens is 449 g/mol. The molecular formula is C25H18FN7O2. The first-order valence-corrected chi connectivity index (χ1v) is 10.6. The number of hydrogen-bond donors (Lipinski definition) is 2. The van der Waals surface area contributed by atoms with E-state index in [0.29, 0.717) is 11.5 Å². The molecule has 0 fully saturated rings. The highest BCUT2D eigenvalue weighted by Crippen LogP contribution is 2.21. The van der Waals surface area contributed by atoms with Gasteiger partial charge in [0.25, 0.3) is 5.91 Å². The molecule has 3 aromatic carbocycles. The largest absolute Gasteiger partial charge is 0.309 e. The van der Waals surface area contributed by atoms with Crippen molar-refractivity contribution in [3.05, 3.63) is 115 Å². The van der Waals surface area contributed by atoms with Crippen LogP contribution < -0.4 is 10.9 Å². The Kier molecular flexibility index (Phi) is 5.83. The van der Waals surface area contributed by atoms with Gasteiger partial charge in [0.1, 0.15) is 5.82 Å². The Bertz CT molecular complexity index is 1440. The number of amides is 2. The number of halogens is 1. The lowest BCUT2D eigenvalue weighted by Crippen LogP contribution is -2.42. The summed E-state index contributed by atoms with van der Waals surface area (Å²) in [6.07, 6.45) is 1.51. The highest BCUT2D eigenvalue weighted by Gasteiger charge is 2.20. The van der Waals surface area contributed by atoms with Crippen molar-refractivity contribution in [3.8, 4) is 22.8 Å². The number of carbonyl (C=O) groups excluding carboxylic acids is 2. The van der Waals surface area contributed by atoms with E-state index >= 15 is 0 Å². The Labute approximate surface area is 198 Å². The van der Waals surface area contributed by atoms with Gasteiger partial charge in [-0.15, -0.1) is 5.10 Å². The fourth-order valence-corrected chi connectivity index (χ4v) is 3.37. The van der Waals surface area contributed by atoms with E-state index in [2.05, 4.69) is 26.0 Å². The van der Waals surface area contributed by atoms with Crippen molar-refractivity contribution in [1.82, 2.24) is 35.4 Å². The zero-order valence-corrected chi connectivity index (χ0v) is 18.2. The van der Waals surface area contributed by atoms with Gasteiger partial charge >= 0.3 is 5.91 Å². The van der Waals surface area contributed by atoms with Crippen LogP contribution in [0.5, 0.6) is 0 Å². The molecule has 2 amide bonds. The van der Waals surface area contributed by atoms with E-state index in [-0.39, 0.29) is 11.5 Å². The summed E-state index contributed by atoms with van der Waals surface area (Å²) in [5, 5.41) is 8.47. The quantitative estimate of drug-likeness (QED) is 0.386. The summed E-state index contributed by atoms with van der Waals surface area (Å²) in [7, 11) is 0. The lowest BCUT2D eigenvalue weighted by molar-refractivity contribution is 0.0838. The summed E-state index contributed by atoms with van der Waals surface area (Å²) in [6.45, 7) is 0. The number of nitrogens with one attached hydrogen (secondary N) is 2. The molecule has 0 aliphatic heterocycles. The standard InChI is InChI=1S/C25H18FN7O2/c26-18-10-7-13-20(16-18)32-15-14-21(30-32)24(34)28-29-25(35)22-27-23(17-8-3-1-4-9-17)33(31-22)19-11-5-2-6-12-19/h1-16H,(H,28,34)(H,29,35). The van der Waals surface area contributed by atoms with Crippen molar-refractivity contribution in [2.45, 2.75) is 0 Å². The maximum atomic E-state index is 13.5. The summed E-state index contributed by atoms with van der Waals surface area (Å²) in [5.74, 6) is -1.43. The molecule has 35 heavy (non-hydrogen) atoms. The number of rotatable bonds is 5. The van der Waals surface area contributed by atoms with Crippen LogP contribution in [0.25, 0.3) is 22.8 Å². The molecule has 0 atom stereocenters. The number of benzene rings is 3. The fourth-order valence-electron chi connectivity index (χ4n) is 3.37. The van der Waals surface area contributed by atoms with Crippen molar-refractivity contribution in [2.75, 3.05) is 0 Å². The van der Waals surface area contributed by atoms with Crippen molar-refractivity contribution >= 4 is 11.8 Å². The predicted octanol–water partition coefficient (Wildman–Crippen LogP) is 3.33. The fraction of sp³-hybridized carbons (Fsp3) is 0. The maximum absolute atomic E-state index is 13.5. The molecule has 0 aliphatic rings. The molecule has 2 N–H and O–H groups in total. The zero-order valence-electron chi connectivity index (χ0n) is 18.2. The van der Waals surface area contributed by atoms with Crippen LogP contribution in [0, 0.1) is 5.82 Å². The lowest BCUT2D eigenvalue weighted by atomic mass is 10.2. The van der Waals surface area contributed by atoms with Crippen LogP contribution in [0.3, 0.4) is 0 Å². The van der Waals surface area contributed by atoms with E-state index in [9.17, 15) is 14.0 Å². The SMILES string of the molecule is O=C(NNC(=O)c1nc(-c2ccccc2)n(-c2ccccc2)n1)c1ccn(-c2cccc(F)c2)n1. The third kappa shape index (κ3) is 4.67. The smallest absolute Gasteiger partial charge is 0.266 e. The molecule has 0 saturated carbocycles. The Morgan fingerprint density at radius 2 is 1.43 bits per heavy atom. The van der Waals surface area contributed by atoms with E-state index < -0.39 is 17.6 Å². The van der Waals surface area contributed by atoms with E-state index in [4.69, 9.17) is 0 Å². The van der Waals surface area contributed by atoms with Gasteiger partial charge in [-0.1, -0.05) is 54.6 Å². The first kappa shape index (κ1) is 21.7. The first-order chi connectivity index (χ1) is 17.1. The van der Waals surface area contributed by atoms with Gasteiger partial charge in [0, 0.05) is 11.8 Å². The lowest BCUT2D eigenvalue weighted by Gasteiger charge is -2.05. The minimum atomic E-state index is -0.699. The summed E-state index contributed by atoms with van der Waals surface area (Å²) in [4.78, 5) is 29.6. The van der Waals surface area contributed by atoms with Crippen molar-refractivity contribution in [3.63, 3.8) is 0 Å². The average molecular weight is 467 g/mol. The van der Waals surface area contributed by atoms with Crippen molar-refractivity contribution < 1.29 is 14.0 Å². The Morgan fingerprint density at radius 3 is 2.17 bits per heavy atom. The van der Waals surface area contributed by atoms with Crippen LogP contribution in [-0.2, 0) is 0 Å². The summed E-state index contributed by atoms with van der Waals surface area (Å²) in [5.41, 5.74) is 6.60. The first-order valence-electron chi connectivity index (χ1n) is 10.6. The van der Waals surface area contributed by atoms with Gasteiger partial charge in [-0.25, -0.2) is 18.7 Å². The Morgan fingerprint density at radius 1 is 0.743 bits per heavy atom. The van der Waals surface area contributed by atoms with Crippen LogP contribution in [0.2, 0.25) is 0 Å². The summed E-state index contributed by atoms with van der Waals surface area (Å²) >= 11 is 0. The van der Waals surface area contributed by atoms with Crippen LogP contribution in [0.15, 0.2) is 97.2 Å². The van der Waals surface area contributed by atoms with Crippen LogP contribution in [0.4, 0.5) is 4.39 Å². The topological polar surface area (TPSA) is 107 Å². The summed E-state index contributed by atoms with van der Waals surface area (Å²) < 4.78 is 16.4. The highest BCUT2D eigenvalue weighted by atomic mass is 19.1. The number of nitrogens with zero attached hydrogens (tertiary/aromatic N) is 5. The third-order valence-corrected chi connectivity index (χ3v) is 5.03. The molecule has 0 spiro atoms. The minimum Gasteiger partial charge on any atom is -0.266 e. The van der Waals surface area contributed by atoms with E-state index in [1.807, 2.05) is 60.7 Å². The Hall–Kier alpha value is -5.12. The third-order valence-electron chi connectivity index (χ3n) is 5.03. The molecule has 2 heterocycles. The van der Waals surface area contributed by atoms with Crippen LogP contribution >= 0.6 is 0 Å². The molecule has 0 aliphatic carbocycles. The number of aromatic nitrogens is 5.